The number of nitrogens with zero attached hydrogens (tertiary/aromatic N) is 1. The molecule has 1 aromatic carbocycles. The van der Waals surface area contributed by atoms with E-state index in [1.54, 1.807) is 31.2 Å². The van der Waals surface area contributed by atoms with Crippen molar-refractivity contribution in [1.82, 2.24) is 4.90 Å². The Bertz CT molecular complexity index is 486. The number of amides is 2. The number of rotatable bonds is 1. The summed E-state index contributed by atoms with van der Waals surface area (Å²) in [6, 6.07) is 7.02. The molecule has 1 spiro atoms. The third-order valence-electron chi connectivity index (χ3n) is 2.97. The Kier molecular flexibility index (Phi) is 1.92. The maximum atomic E-state index is 12.1. The molecule has 2 aliphatic rings. The molecule has 17 heavy (non-hydrogen) atoms. The molecule has 0 aliphatic carbocycles. The molecule has 5 nitrogen and oxygen atoms in total. The smallest absolute Gasteiger partial charge is 0.341 e. The number of carbonyl (C=O) groups is 2. The first-order chi connectivity index (χ1) is 8.16. The minimum atomic E-state index is -1.46. The van der Waals surface area contributed by atoms with E-state index >= 15 is 0 Å². The topological polar surface area (TPSA) is 55.8 Å². The van der Waals surface area contributed by atoms with Crippen molar-refractivity contribution in [2.24, 2.45) is 0 Å². The number of para-hydroxylation sites is 2. The van der Waals surface area contributed by atoms with Crippen LogP contribution in [0.1, 0.15) is 13.3 Å². The predicted molar refractivity (Wildman–Crippen MR) is 57.4 cm³/mol. The van der Waals surface area contributed by atoms with E-state index in [9.17, 15) is 9.59 Å². The molecule has 5 heteroatoms. The van der Waals surface area contributed by atoms with Crippen LogP contribution in [0, 0.1) is 0 Å². The average molecular weight is 233 g/mol. The summed E-state index contributed by atoms with van der Waals surface area (Å²) in [6.45, 7) is 2.08. The second-order valence-corrected chi connectivity index (χ2v) is 4.02. The molecule has 88 valence electrons. The fraction of sp³-hybridized carbons (Fsp3) is 0.333. The van der Waals surface area contributed by atoms with Gasteiger partial charge in [0.25, 0.3) is 0 Å². The molecular weight excluding hydrogens is 222 g/mol. The van der Waals surface area contributed by atoms with Gasteiger partial charge in [0.2, 0.25) is 5.91 Å². The van der Waals surface area contributed by atoms with Crippen LogP contribution in [0.25, 0.3) is 0 Å². The summed E-state index contributed by atoms with van der Waals surface area (Å²) in [7, 11) is 0. The first-order valence-corrected chi connectivity index (χ1v) is 5.48. The minimum absolute atomic E-state index is 0.0612. The van der Waals surface area contributed by atoms with E-state index in [1.165, 1.54) is 0 Å². The van der Waals surface area contributed by atoms with Gasteiger partial charge in [-0.15, -0.1) is 0 Å². The Hall–Kier alpha value is -2.04. The molecule has 1 aromatic rings. The molecule has 0 unspecified atom stereocenters. The van der Waals surface area contributed by atoms with E-state index in [-0.39, 0.29) is 12.3 Å². The Morgan fingerprint density at radius 2 is 1.82 bits per heavy atom. The molecule has 0 aromatic heterocycles. The van der Waals surface area contributed by atoms with E-state index in [4.69, 9.17) is 9.47 Å². The summed E-state index contributed by atoms with van der Waals surface area (Å²) >= 11 is 0. The van der Waals surface area contributed by atoms with Crippen molar-refractivity contribution in [3.63, 3.8) is 0 Å². The van der Waals surface area contributed by atoms with Gasteiger partial charge in [0.1, 0.15) is 6.42 Å². The fourth-order valence-electron chi connectivity index (χ4n) is 2.16. The third kappa shape index (κ3) is 1.25. The van der Waals surface area contributed by atoms with Gasteiger partial charge in [-0.25, -0.2) is 0 Å². The molecular formula is C12H11NO4. The van der Waals surface area contributed by atoms with Crippen LogP contribution in [0.4, 0.5) is 0 Å². The number of hydrogen-bond donors (Lipinski definition) is 0. The number of carbonyl (C=O) groups excluding carboxylic acids is 2. The van der Waals surface area contributed by atoms with Crippen molar-refractivity contribution in [3.05, 3.63) is 24.3 Å². The largest absolute Gasteiger partial charge is 0.440 e. The molecule has 0 atom stereocenters. The van der Waals surface area contributed by atoms with Gasteiger partial charge in [-0.05, 0) is 19.1 Å². The number of fused-ring (bicyclic) bond motifs is 1. The number of ether oxygens (including phenoxy) is 2. The SMILES string of the molecule is CCN1C(=O)CC2(Oc3ccccc3O2)C1=O. The zero-order valence-corrected chi connectivity index (χ0v) is 9.30. The molecule has 0 saturated carbocycles. The highest BCUT2D eigenvalue weighted by atomic mass is 16.7. The first-order valence-electron chi connectivity index (χ1n) is 5.48. The Balaban J connectivity index is 1.98. The minimum Gasteiger partial charge on any atom is -0.440 e. The van der Waals surface area contributed by atoms with E-state index in [1.807, 2.05) is 0 Å². The maximum Gasteiger partial charge on any atom is 0.341 e. The van der Waals surface area contributed by atoms with Crippen molar-refractivity contribution in [1.29, 1.82) is 0 Å². The van der Waals surface area contributed by atoms with Crippen molar-refractivity contribution >= 4 is 11.8 Å². The molecule has 0 N–H and O–H groups in total. The maximum absolute atomic E-state index is 12.1. The van der Waals surface area contributed by atoms with Crippen molar-refractivity contribution < 1.29 is 19.1 Å². The van der Waals surface area contributed by atoms with Crippen LogP contribution in [-0.2, 0) is 9.59 Å². The highest BCUT2D eigenvalue weighted by Crippen LogP contribution is 2.43. The van der Waals surface area contributed by atoms with E-state index in [0.717, 1.165) is 4.90 Å². The van der Waals surface area contributed by atoms with Gasteiger partial charge < -0.3 is 9.47 Å². The number of benzene rings is 1. The second-order valence-electron chi connectivity index (χ2n) is 4.02. The summed E-state index contributed by atoms with van der Waals surface area (Å²) in [5.74, 6) is -1.12. The van der Waals surface area contributed by atoms with Crippen molar-refractivity contribution in [3.8, 4) is 11.5 Å². The van der Waals surface area contributed by atoms with Gasteiger partial charge in [0.05, 0.1) is 0 Å². The van der Waals surface area contributed by atoms with Crippen LogP contribution in [0.3, 0.4) is 0 Å². The lowest BCUT2D eigenvalue weighted by atomic mass is 10.2. The van der Waals surface area contributed by atoms with Crippen LogP contribution in [0.15, 0.2) is 24.3 Å². The van der Waals surface area contributed by atoms with Gasteiger partial charge in [-0.2, -0.15) is 0 Å². The highest BCUT2D eigenvalue weighted by molar-refractivity contribution is 6.07. The summed E-state index contributed by atoms with van der Waals surface area (Å²) in [4.78, 5) is 24.9. The summed E-state index contributed by atoms with van der Waals surface area (Å²) < 4.78 is 11.1. The van der Waals surface area contributed by atoms with Crippen LogP contribution in [0.5, 0.6) is 11.5 Å². The second kappa shape index (κ2) is 3.23. The van der Waals surface area contributed by atoms with Crippen molar-refractivity contribution in [2.75, 3.05) is 6.54 Å². The fourth-order valence-corrected chi connectivity index (χ4v) is 2.16. The average Bonchev–Trinajstić information content (AvgIpc) is 2.78. The molecule has 0 radical (unpaired) electrons. The lowest BCUT2D eigenvalue weighted by Gasteiger charge is -2.19. The monoisotopic (exact) mass is 233 g/mol. The van der Waals surface area contributed by atoms with Gasteiger partial charge in [0.15, 0.2) is 11.5 Å². The molecule has 1 saturated heterocycles. The lowest BCUT2D eigenvalue weighted by molar-refractivity contribution is -0.158. The van der Waals surface area contributed by atoms with E-state index in [2.05, 4.69) is 0 Å². The van der Waals surface area contributed by atoms with Gasteiger partial charge in [-0.3, -0.25) is 14.5 Å². The van der Waals surface area contributed by atoms with Crippen LogP contribution in [-0.4, -0.2) is 29.0 Å². The van der Waals surface area contributed by atoms with Gasteiger partial charge in [0, 0.05) is 6.54 Å². The van der Waals surface area contributed by atoms with E-state index < -0.39 is 11.7 Å². The normalized spacial score (nSPS) is 20.4. The molecule has 0 bridgehead atoms. The summed E-state index contributed by atoms with van der Waals surface area (Å²) in [5.41, 5.74) is 0. The quantitative estimate of drug-likeness (QED) is 0.677. The Labute approximate surface area is 97.9 Å². The van der Waals surface area contributed by atoms with Gasteiger partial charge in [-0.1, -0.05) is 12.1 Å². The number of likely N-dealkylation sites (N-methyl/N-ethyl adjacent to an activating group) is 1. The standard InChI is InChI=1S/C12H11NO4/c1-2-13-10(14)7-12(11(13)15)16-8-5-3-4-6-9(8)17-12/h3-6H,2,7H2,1H3. The van der Waals surface area contributed by atoms with Crippen LogP contribution in [0.2, 0.25) is 0 Å². The van der Waals surface area contributed by atoms with Crippen LogP contribution < -0.4 is 9.47 Å². The highest BCUT2D eigenvalue weighted by Gasteiger charge is 2.59. The zero-order chi connectivity index (χ0) is 12.0. The van der Waals surface area contributed by atoms with Crippen molar-refractivity contribution in [2.45, 2.75) is 19.1 Å². The molecule has 2 aliphatic heterocycles. The molecule has 2 heterocycles. The zero-order valence-electron chi connectivity index (χ0n) is 9.30. The lowest BCUT2D eigenvalue weighted by Crippen LogP contribution is -2.47. The molecule has 2 amide bonds. The van der Waals surface area contributed by atoms with Gasteiger partial charge >= 0.3 is 11.7 Å². The predicted octanol–water partition coefficient (Wildman–Crippen LogP) is 0.933. The Morgan fingerprint density at radius 1 is 1.24 bits per heavy atom. The van der Waals surface area contributed by atoms with E-state index in [0.29, 0.717) is 18.0 Å². The summed E-state index contributed by atoms with van der Waals surface area (Å²) in [5, 5.41) is 0. The number of likely N-dealkylation sites (tertiary alicyclic amines) is 1. The number of imide groups is 1. The molecule has 1 fully saturated rings. The number of hydrogen-bond acceptors (Lipinski definition) is 4. The first kappa shape index (κ1) is 10.1. The Morgan fingerprint density at radius 3 is 2.29 bits per heavy atom. The third-order valence-corrected chi connectivity index (χ3v) is 2.97. The molecule has 3 rings (SSSR count). The summed E-state index contributed by atoms with van der Waals surface area (Å²) in [6.07, 6.45) is -0.0612. The van der Waals surface area contributed by atoms with Crippen LogP contribution >= 0.6 is 0 Å².